The van der Waals surface area contributed by atoms with E-state index in [1.807, 2.05) is 62.4 Å². The minimum absolute atomic E-state index is 0.607. The van der Waals surface area contributed by atoms with Crippen molar-refractivity contribution in [2.45, 2.75) is 13.8 Å². The van der Waals surface area contributed by atoms with Gasteiger partial charge in [-0.15, -0.1) is 0 Å². The first kappa shape index (κ1) is 20.3. The molecule has 4 nitrogen and oxygen atoms in total. The van der Waals surface area contributed by atoms with Gasteiger partial charge in [-0.1, -0.05) is 56.3 Å². The summed E-state index contributed by atoms with van der Waals surface area (Å²) in [6.07, 6.45) is 0. The molecule has 0 saturated heterocycles. The lowest BCUT2D eigenvalue weighted by atomic mass is 9.97. The summed E-state index contributed by atoms with van der Waals surface area (Å²) in [5.41, 5.74) is 5.92. The second kappa shape index (κ2) is 7.22. The van der Waals surface area contributed by atoms with E-state index in [0.717, 1.165) is 70.8 Å². The van der Waals surface area contributed by atoms with Gasteiger partial charge in [0.15, 0.2) is 0 Å². The molecule has 36 heavy (non-hydrogen) atoms. The van der Waals surface area contributed by atoms with E-state index in [0.29, 0.717) is 11.1 Å². The van der Waals surface area contributed by atoms with Gasteiger partial charge in [0.05, 0.1) is 39.8 Å². The summed E-state index contributed by atoms with van der Waals surface area (Å²) in [5, 5.41) is 28.0. The SMILES string of the molecule is CC.N#Cc1ccc2c3cc4oc5cccc6cccc(c65)c4c4c5ccc(C#N)cc5n(c2c1)c34. The van der Waals surface area contributed by atoms with Crippen LogP contribution in [0.5, 0.6) is 0 Å². The van der Waals surface area contributed by atoms with Crippen LogP contribution in [0.1, 0.15) is 25.0 Å². The molecule has 4 heteroatoms. The van der Waals surface area contributed by atoms with Gasteiger partial charge in [0, 0.05) is 32.3 Å². The quantitative estimate of drug-likeness (QED) is 0.168. The topological polar surface area (TPSA) is 65.1 Å². The van der Waals surface area contributed by atoms with Crippen LogP contribution in [0, 0.1) is 22.7 Å². The molecule has 0 spiro atoms. The Hall–Kier alpha value is -5.06. The van der Waals surface area contributed by atoms with Gasteiger partial charge in [-0.25, -0.2) is 0 Å². The van der Waals surface area contributed by atoms with E-state index in [1.54, 1.807) is 0 Å². The minimum Gasteiger partial charge on any atom is -0.456 e. The summed E-state index contributed by atoms with van der Waals surface area (Å²) in [6, 6.07) is 30.9. The second-order valence-electron chi connectivity index (χ2n) is 8.81. The molecule has 0 fully saturated rings. The lowest BCUT2D eigenvalue weighted by Gasteiger charge is -2.10. The minimum atomic E-state index is 0.607. The van der Waals surface area contributed by atoms with E-state index in [2.05, 4.69) is 46.9 Å². The van der Waals surface area contributed by atoms with Gasteiger partial charge in [0.25, 0.3) is 0 Å². The first-order chi connectivity index (χ1) is 17.8. The molecule has 8 aromatic rings. The van der Waals surface area contributed by atoms with E-state index in [4.69, 9.17) is 4.42 Å². The Balaban J connectivity index is 0.00000108. The van der Waals surface area contributed by atoms with Gasteiger partial charge >= 0.3 is 0 Å². The molecule has 0 saturated carbocycles. The third-order valence-electron chi connectivity index (χ3n) is 7.14. The molecule has 8 rings (SSSR count). The summed E-state index contributed by atoms with van der Waals surface area (Å²) in [6.45, 7) is 4.00. The maximum absolute atomic E-state index is 9.61. The molecule has 0 unspecified atom stereocenters. The van der Waals surface area contributed by atoms with Crippen molar-refractivity contribution in [2.75, 3.05) is 0 Å². The van der Waals surface area contributed by atoms with E-state index in [9.17, 15) is 10.5 Å². The van der Waals surface area contributed by atoms with Gasteiger partial charge in [0.2, 0.25) is 0 Å². The second-order valence-corrected chi connectivity index (χ2v) is 8.81. The van der Waals surface area contributed by atoms with Gasteiger partial charge < -0.3 is 8.82 Å². The van der Waals surface area contributed by atoms with Crippen LogP contribution in [-0.2, 0) is 0 Å². The molecule has 0 amide bonds. The van der Waals surface area contributed by atoms with E-state index >= 15 is 0 Å². The highest BCUT2D eigenvalue weighted by atomic mass is 16.3. The van der Waals surface area contributed by atoms with Gasteiger partial charge in [-0.3, -0.25) is 0 Å². The predicted molar refractivity (Wildman–Crippen MR) is 147 cm³/mol. The average molecular weight is 462 g/mol. The van der Waals surface area contributed by atoms with Crippen LogP contribution >= 0.6 is 0 Å². The normalized spacial score (nSPS) is 11.6. The fourth-order valence-corrected chi connectivity index (χ4v) is 5.80. The van der Waals surface area contributed by atoms with Crippen molar-refractivity contribution in [3.8, 4) is 12.1 Å². The zero-order valence-corrected chi connectivity index (χ0v) is 19.8. The molecule has 0 N–H and O–H groups in total. The summed E-state index contributed by atoms with van der Waals surface area (Å²) in [4.78, 5) is 0. The molecule has 3 heterocycles. The molecule has 0 aliphatic rings. The van der Waals surface area contributed by atoms with Crippen molar-refractivity contribution in [2.24, 2.45) is 0 Å². The van der Waals surface area contributed by atoms with Crippen molar-refractivity contribution in [3.05, 3.63) is 90.0 Å². The largest absolute Gasteiger partial charge is 0.456 e. The van der Waals surface area contributed by atoms with Crippen molar-refractivity contribution >= 4 is 70.8 Å². The number of fused-ring (bicyclic) bond motifs is 9. The standard InChI is InChI=1S/C30H13N3O.C2H6/c31-14-16-7-9-19-22-13-26-28(21-5-1-3-18-4-2-6-25(34-26)27(18)21)29-20-10-8-17(15-32)12-24(20)33(30(22)29)23(19)11-16;1-2/h1-13H;1-2H3. The maximum atomic E-state index is 9.61. The molecule has 3 aromatic heterocycles. The Morgan fingerprint density at radius 3 is 2.00 bits per heavy atom. The maximum Gasteiger partial charge on any atom is 0.136 e. The number of benzene rings is 5. The molecule has 5 aromatic carbocycles. The summed E-state index contributed by atoms with van der Waals surface area (Å²) in [5.74, 6) is 0. The van der Waals surface area contributed by atoms with Gasteiger partial charge in [0.1, 0.15) is 11.2 Å². The summed E-state index contributed by atoms with van der Waals surface area (Å²) in [7, 11) is 0. The Morgan fingerprint density at radius 2 is 1.28 bits per heavy atom. The first-order valence-corrected chi connectivity index (χ1v) is 12.1. The van der Waals surface area contributed by atoms with Crippen LogP contribution < -0.4 is 0 Å². The lowest BCUT2D eigenvalue weighted by molar-refractivity contribution is 0.663. The first-order valence-electron chi connectivity index (χ1n) is 12.1. The molecule has 0 aliphatic heterocycles. The highest BCUT2D eigenvalue weighted by molar-refractivity contribution is 6.36. The Kier molecular flexibility index (Phi) is 4.08. The van der Waals surface area contributed by atoms with Crippen LogP contribution in [-0.4, -0.2) is 4.40 Å². The van der Waals surface area contributed by atoms with Gasteiger partial charge in [-0.2, -0.15) is 10.5 Å². The zero-order chi connectivity index (χ0) is 24.6. The fourth-order valence-electron chi connectivity index (χ4n) is 5.80. The van der Waals surface area contributed by atoms with Crippen LogP contribution in [0.25, 0.3) is 70.8 Å². The Morgan fingerprint density at radius 1 is 0.611 bits per heavy atom. The van der Waals surface area contributed by atoms with E-state index < -0.39 is 0 Å². The predicted octanol–water partition coefficient (Wildman–Crippen LogP) is 8.66. The van der Waals surface area contributed by atoms with Crippen molar-refractivity contribution in [1.82, 2.24) is 4.40 Å². The Bertz CT molecular complexity index is 2250. The van der Waals surface area contributed by atoms with E-state index in [1.165, 1.54) is 0 Å². The monoisotopic (exact) mass is 461 g/mol. The Labute approximate surface area is 206 Å². The molecule has 0 atom stereocenters. The summed E-state index contributed by atoms with van der Waals surface area (Å²) < 4.78 is 8.74. The molecular formula is C32H19N3O. The van der Waals surface area contributed by atoms with Crippen LogP contribution in [0.4, 0.5) is 0 Å². The highest BCUT2D eigenvalue weighted by Crippen LogP contribution is 2.46. The fraction of sp³-hybridized carbons (Fsp3) is 0.0625. The zero-order valence-electron chi connectivity index (χ0n) is 19.8. The smallest absolute Gasteiger partial charge is 0.136 e. The molecule has 168 valence electrons. The third kappa shape index (κ3) is 2.40. The van der Waals surface area contributed by atoms with Crippen molar-refractivity contribution < 1.29 is 4.42 Å². The van der Waals surface area contributed by atoms with Crippen LogP contribution in [0.2, 0.25) is 0 Å². The number of nitriles is 2. The lowest BCUT2D eigenvalue weighted by Crippen LogP contribution is -1.84. The summed E-state index contributed by atoms with van der Waals surface area (Å²) >= 11 is 0. The average Bonchev–Trinajstić information content (AvgIpc) is 3.44. The number of nitrogens with zero attached hydrogens (tertiary/aromatic N) is 3. The number of hydrogen-bond donors (Lipinski definition) is 0. The molecular weight excluding hydrogens is 442 g/mol. The van der Waals surface area contributed by atoms with Crippen LogP contribution in [0.15, 0.2) is 83.3 Å². The number of hydrogen-bond acceptors (Lipinski definition) is 3. The number of rotatable bonds is 0. The van der Waals surface area contributed by atoms with Crippen LogP contribution in [0.3, 0.4) is 0 Å². The van der Waals surface area contributed by atoms with E-state index in [-0.39, 0.29) is 0 Å². The third-order valence-corrected chi connectivity index (χ3v) is 7.14. The number of aromatic nitrogens is 1. The highest BCUT2D eigenvalue weighted by Gasteiger charge is 2.23. The molecule has 0 bridgehead atoms. The van der Waals surface area contributed by atoms with Gasteiger partial charge in [-0.05, 0) is 47.2 Å². The molecule has 0 radical (unpaired) electrons. The van der Waals surface area contributed by atoms with Crippen molar-refractivity contribution in [1.29, 1.82) is 10.5 Å². The van der Waals surface area contributed by atoms with Crippen molar-refractivity contribution in [3.63, 3.8) is 0 Å². The molecule has 0 aliphatic carbocycles.